The third kappa shape index (κ3) is 4.11. The zero-order chi connectivity index (χ0) is 12.8. The maximum absolute atomic E-state index is 11.8. The quantitative estimate of drug-likeness (QED) is 0.546. The molecular weight excluding hydrogens is 220 g/mol. The zero-order valence-corrected chi connectivity index (χ0v) is 10.8. The van der Waals surface area contributed by atoms with Gasteiger partial charge in [-0.3, -0.25) is 4.79 Å². The molecule has 1 fully saturated rings. The fourth-order valence-corrected chi connectivity index (χ4v) is 2.62. The summed E-state index contributed by atoms with van der Waals surface area (Å²) < 4.78 is 10.7. The van der Waals surface area contributed by atoms with Gasteiger partial charge in [-0.1, -0.05) is 0 Å². The normalized spacial score (nSPS) is 30.6. The Morgan fingerprint density at radius 2 is 2.00 bits per heavy atom. The first kappa shape index (κ1) is 14.2. The highest BCUT2D eigenvalue weighted by molar-refractivity contribution is 5.75. The van der Waals surface area contributed by atoms with Crippen molar-refractivity contribution in [2.24, 2.45) is 11.8 Å². The summed E-state index contributed by atoms with van der Waals surface area (Å²) in [6, 6.07) is 0. The first-order valence-electron chi connectivity index (χ1n) is 6.34. The average Bonchev–Trinajstić information content (AvgIpc) is 2.24. The molecule has 0 unspecified atom stereocenters. The van der Waals surface area contributed by atoms with E-state index in [1.807, 2.05) is 13.8 Å². The van der Waals surface area contributed by atoms with Crippen LogP contribution in [0.4, 0.5) is 0 Å². The van der Waals surface area contributed by atoms with Crippen LogP contribution in [0.3, 0.4) is 0 Å². The van der Waals surface area contributed by atoms with E-state index in [0.717, 1.165) is 19.1 Å². The summed E-state index contributed by atoms with van der Waals surface area (Å²) in [5, 5.41) is 0. The summed E-state index contributed by atoms with van der Waals surface area (Å²) in [7, 11) is 0. The number of aldehydes is 1. The molecule has 1 saturated heterocycles. The summed E-state index contributed by atoms with van der Waals surface area (Å²) in [6.07, 6.45) is 3.00. The van der Waals surface area contributed by atoms with Crippen LogP contribution in [0.5, 0.6) is 0 Å². The van der Waals surface area contributed by atoms with E-state index >= 15 is 0 Å². The molecule has 0 radical (unpaired) electrons. The van der Waals surface area contributed by atoms with E-state index in [4.69, 9.17) is 9.47 Å². The number of esters is 1. The Morgan fingerprint density at radius 1 is 1.41 bits per heavy atom. The van der Waals surface area contributed by atoms with Gasteiger partial charge in [-0.2, -0.15) is 0 Å². The molecule has 0 aliphatic carbocycles. The van der Waals surface area contributed by atoms with Crippen LogP contribution in [0, 0.1) is 11.8 Å². The Labute approximate surface area is 103 Å². The number of carbonyl (C=O) groups is 2. The smallest absolute Gasteiger partial charge is 0.309 e. The van der Waals surface area contributed by atoms with Gasteiger partial charge in [0.2, 0.25) is 0 Å². The van der Waals surface area contributed by atoms with E-state index in [1.165, 1.54) is 0 Å². The standard InChI is InChI=1S/C13H22O4/c1-4-16-13(15)12(5-6-14)11-7-9(2)17-10(3)8-11/h6,9-12H,4-5,7-8H2,1-3H3/t9-,10-,12-/m1/s1. The van der Waals surface area contributed by atoms with E-state index in [2.05, 4.69) is 0 Å². The van der Waals surface area contributed by atoms with Crippen molar-refractivity contribution >= 4 is 12.3 Å². The molecule has 0 aromatic carbocycles. The van der Waals surface area contributed by atoms with Crippen molar-refractivity contribution in [3.63, 3.8) is 0 Å². The maximum Gasteiger partial charge on any atom is 0.309 e. The molecular formula is C13H22O4. The molecule has 0 N–H and O–H groups in total. The minimum Gasteiger partial charge on any atom is -0.466 e. The first-order valence-corrected chi connectivity index (χ1v) is 6.34. The van der Waals surface area contributed by atoms with Crippen molar-refractivity contribution in [1.29, 1.82) is 0 Å². The lowest BCUT2D eigenvalue weighted by molar-refractivity contribution is -0.154. The summed E-state index contributed by atoms with van der Waals surface area (Å²) in [4.78, 5) is 22.5. The van der Waals surface area contributed by atoms with Crippen molar-refractivity contribution < 1.29 is 19.1 Å². The van der Waals surface area contributed by atoms with Gasteiger partial charge in [0.15, 0.2) is 0 Å². The van der Waals surface area contributed by atoms with E-state index in [1.54, 1.807) is 6.92 Å². The van der Waals surface area contributed by atoms with Crippen molar-refractivity contribution in [2.45, 2.75) is 52.2 Å². The van der Waals surface area contributed by atoms with E-state index in [-0.39, 0.29) is 36.4 Å². The predicted octanol–water partition coefficient (Wildman–Crippen LogP) is 1.96. The van der Waals surface area contributed by atoms with E-state index in [9.17, 15) is 9.59 Å². The molecule has 3 atom stereocenters. The largest absolute Gasteiger partial charge is 0.466 e. The summed E-state index contributed by atoms with van der Waals surface area (Å²) in [5.41, 5.74) is 0. The second-order valence-corrected chi connectivity index (χ2v) is 4.75. The van der Waals surface area contributed by atoms with Gasteiger partial charge in [-0.25, -0.2) is 0 Å². The molecule has 0 aromatic heterocycles. The van der Waals surface area contributed by atoms with Crippen LogP contribution in [-0.4, -0.2) is 31.1 Å². The lowest BCUT2D eigenvalue weighted by Gasteiger charge is -2.35. The average molecular weight is 242 g/mol. The fraction of sp³-hybridized carbons (Fsp3) is 0.846. The summed E-state index contributed by atoms with van der Waals surface area (Å²) in [5.74, 6) is -0.356. The highest BCUT2D eigenvalue weighted by Gasteiger charge is 2.35. The Kier molecular flexibility index (Phi) is 5.62. The number of hydrogen-bond donors (Lipinski definition) is 0. The number of rotatable bonds is 5. The van der Waals surface area contributed by atoms with Gasteiger partial charge in [0.1, 0.15) is 6.29 Å². The maximum atomic E-state index is 11.8. The van der Waals surface area contributed by atoms with E-state index in [0.29, 0.717) is 6.61 Å². The minimum atomic E-state index is -0.304. The van der Waals surface area contributed by atoms with Crippen LogP contribution >= 0.6 is 0 Å². The van der Waals surface area contributed by atoms with Crippen LogP contribution in [-0.2, 0) is 19.1 Å². The molecule has 98 valence electrons. The van der Waals surface area contributed by atoms with Crippen molar-refractivity contribution in [2.75, 3.05) is 6.61 Å². The molecule has 1 rings (SSSR count). The van der Waals surface area contributed by atoms with Crippen LogP contribution in [0.15, 0.2) is 0 Å². The van der Waals surface area contributed by atoms with Crippen LogP contribution < -0.4 is 0 Å². The van der Waals surface area contributed by atoms with Crippen LogP contribution in [0.2, 0.25) is 0 Å². The predicted molar refractivity (Wildman–Crippen MR) is 63.5 cm³/mol. The number of hydrogen-bond acceptors (Lipinski definition) is 4. The molecule has 0 bridgehead atoms. The number of carbonyl (C=O) groups excluding carboxylic acids is 2. The van der Waals surface area contributed by atoms with Gasteiger partial charge < -0.3 is 14.3 Å². The molecule has 0 saturated carbocycles. The Balaban J connectivity index is 2.68. The highest BCUT2D eigenvalue weighted by atomic mass is 16.5. The molecule has 1 aliphatic rings. The van der Waals surface area contributed by atoms with Crippen molar-refractivity contribution in [3.05, 3.63) is 0 Å². The van der Waals surface area contributed by atoms with Gasteiger partial charge in [-0.15, -0.1) is 0 Å². The SMILES string of the molecule is CCOC(=O)[C@H](CC=O)C1C[C@@H](C)O[C@H](C)C1. The summed E-state index contributed by atoms with van der Waals surface area (Å²) >= 11 is 0. The molecule has 17 heavy (non-hydrogen) atoms. The Hall–Kier alpha value is -0.900. The second kappa shape index (κ2) is 6.74. The zero-order valence-electron chi connectivity index (χ0n) is 10.8. The van der Waals surface area contributed by atoms with Gasteiger partial charge in [0.05, 0.1) is 24.7 Å². The molecule has 0 aromatic rings. The fourth-order valence-electron chi connectivity index (χ4n) is 2.62. The lowest BCUT2D eigenvalue weighted by Crippen LogP contribution is -2.36. The highest BCUT2D eigenvalue weighted by Crippen LogP contribution is 2.32. The Bertz CT molecular complexity index is 254. The molecule has 1 aliphatic heterocycles. The molecule has 1 heterocycles. The third-order valence-corrected chi connectivity index (χ3v) is 3.24. The van der Waals surface area contributed by atoms with Gasteiger partial charge >= 0.3 is 5.97 Å². The van der Waals surface area contributed by atoms with Gasteiger partial charge in [-0.05, 0) is 39.5 Å². The van der Waals surface area contributed by atoms with Gasteiger partial charge in [0, 0.05) is 6.42 Å². The van der Waals surface area contributed by atoms with E-state index < -0.39 is 0 Å². The Morgan fingerprint density at radius 3 is 2.47 bits per heavy atom. The van der Waals surface area contributed by atoms with Gasteiger partial charge in [0.25, 0.3) is 0 Å². The second-order valence-electron chi connectivity index (χ2n) is 4.75. The first-order chi connectivity index (χ1) is 8.08. The third-order valence-electron chi connectivity index (χ3n) is 3.24. The number of ether oxygens (including phenoxy) is 2. The van der Waals surface area contributed by atoms with Crippen LogP contribution in [0.1, 0.15) is 40.0 Å². The molecule has 0 amide bonds. The topological polar surface area (TPSA) is 52.6 Å². The summed E-state index contributed by atoms with van der Waals surface area (Å²) in [6.45, 7) is 6.16. The molecule has 4 heteroatoms. The van der Waals surface area contributed by atoms with Crippen LogP contribution in [0.25, 0.3) is 0 Å². The monoisotopic (exact) mass is 242 g/mol. The van der Waals surface area contributed by atoms with Crippen molar-refractivity contribution in [1.82, 2.24) is 0 Å². The lowest BCUT2D eigenvalue weighted by atomic mass is 9.80. The molecule has 4 nitrogen and oxygen atoms in total. The van der Waals surface area contributed by atoms with Crippen molar-refractivity contribution in [3.8, 4) is 0 Å². The molecule has 0 spiro atoms. The minimum absolute atomic E-state index is 0.146.